The van der Waals surface area contributed by atoms with Crippen LogP contribution in [0.3, 0.4) is 0 Å². The van der Waals surface area contributed by atoms with Crippen LogP contribution < -0.4 is 11.1 Å². The van der Waals surface area contributed by atoms with E-state index < -0.39 is 0 Å². The van der Waals surface area contributed by atoms with Crippen molar-refractivity contribution in [2.45, 2.75) is 0 Å². The second kappa shape index (κ2) is 4.31. The third-order valence-electron chi connectivity index (χ3n) is 1.97. The highest BCUT2D eigenvalue weighted by molar-refractivity contribution is 9.10. The van der Waals surface area contributed by atoms with E-state index in [2.05, 4.69) is 26.2 Å². The van der Waals surface area contributed by atoms with Crippen LogP contribution in [0.25, 0.3) is 0 Å². The molecule has 0 fully saturated rings. The Labute approximate surface area is 96.5 Å². The largest absolute Gasteiger partial charge is 0.397 e. The van der Waals surface area contributed by atoms with E-state index >= 15 is 0 Å². The zero-order valence-electron chi connectivity index (χ0n) is 7.94. The van der Waals surface area contributed by atoms with Crippen LogP contribution in [0.5, 0.6) is 0 Å². The number of para-hydroxylation sites is 2. The van der Waals surface area contributed by atoms with Gasteiger partial charge in [-0.25, -0.2) is 4.98 Å². The lowest BCUT2D eigenvalue weighted by molar-refractivity contribution is 1.27. The van der Waals surface area contributed by atoms with E-state index in [9.17, 15) is 0 Å². The molecule has 0 spiro atoms. The molecule has 0 saturated carbocycles. The number of benzene rings is 1. The molecular formula is C11H10BrN3. The average Bonchev–Trinajstić information content (AvgIpc) is 2.25. The van der Waals surface area contributed by atoms with Gasteiger partial charge in [-0.2, -0.15) is 0 Å². The molecule has 2 rings (SSSR count). The molecule has 15 heavy (non-hydrogen) atoms. The molecular weight excluding hydrogens is 254 g/mol. The number of pyridine rings is 1. The van der Waals surface area contributed by atoms with Gasteiger partial charge in [-0.05, 0) is 40.2 Å². The van der Waals surface area contributed by atoms with Gasteiger partial charge in [-0.15, -0.1) is 0 Å². The molecule has 0 unspecified atom stereocenters. The maximum Gasteiger partial charge on any atom is 0.106 e. The highest BCUT2D eigenvalue weighted by Crippen LogP contribution is 2.22. The molecule has 1 aromatic heterocycles. The summed E-state index contributed by atoms with van der Waals surface area (Å²) in [4.78, 5) is 4.12. The summed E-state index contributed by atoms with van der Waals surface area (Å²) in [5.41, 5.74) is 8.33. The number of nitrogen functional groups attached to an aromatic ring is 1. The van der Waals surface area contributed by atoms with Gasteiger partial charge in [0, 0.05) is 0 Å². The Hall–Kier alpha value is -1.55. The summed E-state index contributed by atoms with van der Waals surface area (Å²) >= 11 is 3.28. The van der Waals surface area contributed by atoms with Crippen LogP contribution in [0.15, 0.2) is 47.2 Å². The lowest BCUT2D eigenvalue weighted by Gasteiger charge is -2.08. The predicted octanol–water partition coefficient (Wildman–Crippen LogP) is 3.17. The standard InChI is InChI=1S/C11H10BrN3/c12-11-6-5-8(7-14-11)15-10-4-2-1-3-9(10)13/h1-7,15H,13H2. The van der Waals surface area contributed by atoms with Gasteiger partial charge in [0.15, 0.2) is 0 Å². The van der Waals surface area contributed by atoms with Crippen LogP contribution >= 0.6 is 15.9 Å². The summed E-state index contributed by atoms with van der Waals surface area (Å²) in [6.07, 6.45) is 1.75. The van der Waals surface area contributed by atoms with Crippen molar-refractivity contribution < 1.29 is 0 Å². The molecule has 0 radical (unpaired) electrons. The van der Waals surface area contributed by atoms with Crippen LogP contribution in [0.1, 0.15) is 0 Å². The molecule has 0 atom stereocenters. The van der Waals surface area contributed by atoms with Crippen molar-refractivity contribution in [1.29, 1.82) is 0 Å². The first-order valence-corrected chi connectivity index (χ1v) is 5.28. The molecule has 76 valence electrons. The highest BCUT2D eigenvalue weighted by atomic mass is 79.9. The number of nitrogens with one attached hydrogen (secondary N) is 1. The number of hydrogen-bond acceptors (Lipinski definition) is 3. The third kappa shape index (κ3) is 2.47. The second-order valence-corrected chi connectivity index (χ2v) is 3.89. The summed E-state index contributed by atoms with van der Waals surface area (Å²) in [6, 6.07) is 11.4. The van der Waals surface area contributed by atoms with E-state index in [4.69, 9.17) is 5.73 Å². The molecule has 0 amide bonds. The third-order valence-corrected chi connectivity index (χ3v) is 2.44. The molecule has 2 aromatic rings. The van der Waals surface area contributed by atoms with Crippen molar-refractivity contribution in [3.05, 3.63) is 47.2 Å². The summed E-state index contributed by atoms with van der Waals surface area (Å²) in [7, 11) is 0. The smallest absolute Gasteiger partial charge is 0.106 e. The molecule has 0 bridgehead atoms. The van der Waals surface area contributed by atoms with E-state index in [1.54, 1.807) is 6.20 Å². The van der Waals surface area contributed by atoms with Crippen molar-refractivity contribution in [1.82, 2.24) is 4.98 Å². The fourth-order valence-corrected chi connectivity index (χ4v) is 1.45. The lowest BCUT2D eigenvalue weighted by Crippen LogP contribution is -1.95. The monoisotopic (exact) mass is 263 g/mol. The van der Waals surface area contributed by atoms with Crippen LogP contribution in [-0.4, -0.2) is 4.98 Å². The van der Waals surface area contributed by atoms with Crippen LogP contribution in [0.2, 0.25) is 0 Å². The quantitative estimate of drug-likeness (QED) is 0.647. The Morgan fingerprint density at radius 2 is 1.93 bits per heavy atom. The van der Waals surface area contributed by atoms with E-state index in [0.29, 0.717) is 0 Å². The number of rotatable bonds is 2. The fourth-order valence-electron chi connectivity index (χ4n) is 1.22. The summed E-state index contributed by atoms with van der Waals surface area (Å²) in [6.45, 7) is 0. The Balaban J connectivity index is 2.22. The number of hydrogen-bond donors (Lipinski definition) is 2. The molecule has 3 N–H and O–H groups in total. The minimum Gasteiger partial charge on any atom is -0.397 e. The van der Waals surface area contributed by atoms with E-state index in [-0.39, 0.29) is 0 Å². The number of nitrogens with zero attached hydrogens (tertiary/aromatic N) is 1. The van der Waals surface area contributed by atoms with Crippen molar-refractivity contribution in [2.75, 3.05) is 11.1 Å². The van der Waals surface area contributed by atoms with Gasteiger partial charge < -0.3 is 11.1 Å². The molecule has 4 heteroatoms. The first-order chi connectivity index (χ1) is 7.25. The Bertz CT molecular complexity index is 454. The van der Waals surface area contributed by atoms with Crippen LogP contribution in [0, 0.1) is 0 Å². The number of anilines is 3. The van der Waals surface area contributed by atoms with Crippen LogP contribution in [-0.2, 0) is 0 Å². The number of halogens is 1. The fraction of sp³-hybridized carbons (Fsp3) is 0. The van der Waals surface area contributed by atoms with Crippen molar-refractivity contribution >= 4 is 33.0 Å². The minimum absolute atomic E-state index is 0.723. The van der Waals surface area contributed by atoms with E-state index in [1.807, 2.05) is 36.4 Å². The van der Waals surface area contributed by atoms with Gasteiger partial charge in [-0.1, -0.05) is 12.1 Å². The van der Waals surface area contributed by atoms with E-state index in [1.165, 1.54) is 0 Å². The topological polar surface area (TPSA) is 50.9 Å². The SMILES string of the molecule is Nc1ccccc1Nc1ccc(Br)nc1. The molecule has 0 aliphatic heterocycles. The van der Waals surface area contributed by atoms with Gasteiger partial charge in [0.25, 0.3) is 0 Å². The maximum atomic E-state index is 5.81. The molecule has 0 aliphatic carbocycles. The van der Waals surface area contributed by atoms with E-state index in [0.717, 1.165) is 21.7 Å². The Kier molecular flexibility index (Phi) is 2.87. The zero-order valence-corrected chi connectivity index (χ0v) is 9.53. The Morgan fingerprint density at radius 3 is 2.60 bits per heavy atom. The summed E-state index contributed by atoms with van der Waals surface area (Å²) < 4.78 is 0.814. The van der Waals surface area contributed by atoms with Crippen molar-refractivity contribution in [3.63, 3.8) is 0 Å². The van der Waals surface area contributed by atoms with Gasteiger partial charge >= 0.3 is 0 Å². The van der Waals surface area contributed by atoms with Crippen molar-refractivity contribution in [2.24, 2.45) is 0 Å². The predicted molar refractivity (Wildman–Crippen MR) is 66.1 cm³/mol. The first-order valence-electron chi connectivity index (χ1n) is 4.49. The Morgan fingerprint density at radius 1 is 1.13 bits per heavy atom. The molecule has 0 saturated heterocycles. The number of aromatic nitrogens is 1. The molecule has 1 aromatic carbocycles. The summed E-state index contributed by atoms with van der Waals surface area (Å²) in [5.74, 6) is 0. The summed E-state index contributed by atoms with van der Waals surface area (Å²) in [5, 5.41) is 3.19. The van der Waals surface area contributed by atoms with Gasteiger partial charge in [-0.3, -0.25) is 0 Å². The molecule has 3 nitrogen and oxygen atoms in total. The maximum absolute atomic E-state index is 5.81. The lowest BCUT2D eigenvalue weighted by atomic mass is 10.2. The molecule has 0 aliphatic rings. The zero-order chi connectivity index (χ0) is 10.7. The molecule has 1 heterocycles. The second-order valence-electron chi connectivity index (χ2n) is 3.08. The van der Waals surface area contributed by atoms with Gasteiger partial charge in [0.1, 0.15) is 4.60 Å². The number of nitrogens with two attached hydrogens (primary N) is 1. The first kappa shape index (κ1) is 9.98. The minimum atomic E-state index is 0.723. The average molecular weight is 264 g/mol. The van der Waals surface area contributed by atoms with Gasteiger partial charge in [0.2, 0.25) is 0 Å². The normalized spacial score (nSPS) is 9.93. The van der Waals surface area contributed by atoms with Crippen LogP contribution in [0.4, 0.5) is 17.1 Å². The highest BCUT2D eigenvalue weighted by Gasteiger charge is 1.98. The van der Waals surface area contributed by atoms with Gasteiger partial charge in [0.05, 0.1) is 23.3 Å². The van der Waals surface area contributed by atoms with Crippen molar-refractivity contribution in [3.8, 4) is 0 Å².